The first kappa shape index (κ1) is 13.1. The number of allylic oxidation sites excluding steroid dienone is 1. The average Bonchev–Trinajstić information content (AvgIpc) is 2.43. The average molecular weight is 272 g/mol. The summed E-state index contributed by atoms with van der Waals surface area (Å²) in [4.78, 5) is 24.4. The molecule has 1 heterocycles. The number of benzene rings is 1. The van der Waals surface area contributed by atoms with Crippen molar-refractivity contribution in [3.63, 3.8) is 0 Å². The molecule has 1 atom stereocenters. The van der Waals surface area contributed by atoms with E-state index < -0.39 is 17.2 Å². The van der Waals surface area contributed by atoms with Gasteiger partial charge in [-0.05, 0) is 20.3 Å². The van der Waals surface area contributed by atoms with Gasteiger partial charge in [-0.25, -0.2) is 0 Å². The third-order valence-corrected chi connectivity index (χ3v) is 4.19. The van der Waals surface area contributed by atoms with E-state index in [9.17, 15) is 14.7 Å². The number of carbonyl (C=O) groups is 2. The number of ether oxygens (including phenoxy) is 1. The number of hydrogen-bond acceptors (Lipinski definition) is 4. The number of Topliss-reactive ketones (excluding diaryl/α,β-unsaturated/α-hetero) is 2. The Labute approximate surface area is 117 Å². The van der Waals surface area contributed by atoms with Gasteiger partial charge in [-0.3, -0.25) is 9.59 Å². The summed E-state index contributed by atoms with van der Waals surface area (Å²) in [5, 5.41) is 9.47. The Kier molecular flexibility index (Phi) is 2.80. The van der Waals surface area contributed by atoms with Crippen LogP contribution in [0.2, 0.25) is 0 Å². The van der Waals surface area contributed by atoms with Gasteiger partial charge >= 0.3 is 0 Å². The molecule has 4 heteroatoms. The van der Waals surface area contributed by atoms with Gasteiger partial charge in [0.2, 0.25) is 11.6 Å². The van der Waals surface area contributed by atoms with Gasteiger partial charge in [0.1, 0.15) is 11.4 Å². The SMILES string of the molecule is CC1(C)OC2=C(CC1CO)C(=O)C(=O)c1ccccc12. The molecule has 0 spiro atoms. The molecular formula is C16H16O4. The normalized spacial score (nSPS) is 24.1. The van der Waals surface area contributed by atoms with E-state index in [0.29, 0.717) is 28.9 Å². The van der Waals surface area contributed by atoms with Gasteiger partial charge in [0, 0.05) is 22.6 Å². The minimum Gasteiger partial charge on any atom is -0.486 e. The van der Waals surface area contributed by atoms with E-state index in [2.05, 4.69) is 0 Å². The minimum atomic E-state index is -0.568. The van der Waals surface area contributed by atoms with Crippen molar-refractivity contribution < 1.29 is 19.4 Å². The van der Waals surface area contributed by atoms with Gasteiger partial charge in [0.25, 0.3) is 0 Å². The summed E-state index contributed by atoms with van der Waals surface area (Å²) in [5.41, 5.74) is 0.902. The van der Waals surface area contributed by atoms with Crippen LogP contribution in [-0.2, 0) is 9.53 Å². The van der Waals surface area contributed by atoms with Crippen LogP contribution in [0, 0.1) is 5.92 Å². The maximum absolute atomic E-state index is 12.2. The van der Waals surface area contributed by atoms with Crippen LogP contribution in [-0.4, -0.2) is 28.9 Å². The van der Waals surface area contributed by atoms with Crippen LogP contribution in [0.5, 0.6) is 0 Å². The predicted molar refractivity (Wildman–Crippen MR) is 73.1 cm³/mol. The van der Waals surface area contributed by atoms with Crippen molar-refractivity contribution >= 4 is 17.3 Å². The lowest BCUT2D eigenvalue weighted by molar-refractivity contribution is -0.113. The molecule has 0 radical (unpaired) electrons. The van der Waals surface area contributed by atoms with Gasteiger partial charge in [-0.2, -0.15) is 0 Å². The van der Waals surface area contributed by atoms with Crippen LogP contribution >= 0.6 is 0 Å². The molecule has 1 aromatic rings. The van der Waals surface area contributed by atoms with Crippen LogP contribution in [0.1, 0.15) is 36.2 Å². The highest BCUT2D eigenvalue weighted by molar-refractivity contribution is 6.52. The molecule has 20 heavy (non-hydrogen) atoms. The Bertz CT molecular complexity index is 640. The predicted octanol–water partition coefficient (Wildman–Crippen LogP) is 1.97. The molecule has 3 rings (SSSR count). The first-order chi connectivity index (χ1) is 9.45. The fourth-order valence-corrected chi connectivity index (χ4v) is 2.83. The van der Waals surface area contributed by atoms with Crippen molar-refractivity contribution in [1.82, 2.24) is 0 Å². The van der Waals surface area contributed by atoms with Crippen molar-refractivity contribution in [2.75, 3.05) is 6.61 Å². The number of aliphatic hydroxyl groups excluding tert-OH is 1. The summed E-state index contributed by atoms with van der Waals surface area (Å²) >= 11 is 0. The van der Waals surface area contributed by atoms with E-state index in [1.165, 1.54) is 0 Å². The molecule has 4 nitrogen and oxygen atoms in total. The second-order valence-electron chi connectivity index (χ2n) is 5.80. The van der Waals surface area contributed by atoms with Gasteiger partial charge in [-0.15, -0.1) is 0 Å². The number of hydrogen-bond donors (Lipinski definition) is 1. The first-order valence-corrected chi connectivity index (χ1v) is 6.67. The second-order valence-corrected chi connectivity index (χ2v) is 5.80. The van der Waals surface area contributed by atoms with E-state index >= 15 is 0 Å². The number of aliphatic hydroxyl groups is 1. The second kappa shape index (κ2) is 4.28. The van der Waals surface area contributed by atoms with Crippen LogP contribution < -0.4 is 0 Å². The molecule has 1 N–H and O–H groups in total. The quantitative estimate of drug-likeness (QED) is 0.794. The monoisotopic (exact) mass is 272 g/mol. The lowest BCUT2D eigenvalue weighted by Crippen LogP contribution is -2.43. The Hall–Kier alpha value is -1.94. The lowest BCUT2D eigenvalue weighted by atomic mass is 9.77. The Morgan fingerprint density at radius 3 is 2.50 bits per heavy atom. The molecule has 0 amide bonds. The third-order valence-electron chi connectivity index (χ3n) is 4.19. The summed E-state index contributed by atoms with van der Waals surface area (Å²) in [5.74, 6) is -0.685. The van der Waals surface area contributed by atoms with E-state index in [1.54, 1.807) is 18.2 Å². The lowest BCUT2D eigenvalue weighted by Gasteiger charge is -2.41. The standard InChI is InChI=1S/C16H16O4/c1-16(2)9(8-17)7-12-14(19)13(18)10-5-3-4-6-11(10)15(12)20-16/h3-6,9,17H,7-8H2,1-2H3. The Morgan fingerprint density at radius 2 is 1.85 bits per heavy atom. The highest BCUT2D eigenvalue weighted by Gasteiger charge is 2.44. The maximum Gasteiger partial charge on any atom is 0.234 e. The highest BCUT2D eigenvalue weighted by Crippen LogP contribution is 2.43. The molecular weight excluding hydrogens is 256 g/mol. The zero-order valence-corrected chi connectivity index (χ0v) is 11.5. The van der Waals surface area contributed by atoms with E-state index in [4.69, 9.17) is 4.74 Å². The molecule has 0 saturated carbocycles. The first-order valence-electron chi connectivity index (χ1n) is 6.67. The van der Waals surface area contributed by atoms with Gasteiger partial charge in [0.05, 0.1) is 6.61 Å². The Morgan fingerprint density at radius 1 is 1.20 bits per heavy atom. The van der Waals surface area contributed by atoms with Crippen LogP contribution in [0.4, 0.5) is 0 Å². The summed E-state index contributed by atoms with van der Waals surface area (Å²) in [7, 11) is 0. The number of fused-ring (bicyclic) bond motifs is 2. The summed E-state index contributed by atoms with van der Waals surface area (Å²) < 4.78 is 5.97. The fraction of sp³-hybridized carbons (Fsp3) is 0.375. The summed E-state index contributed by atoms with van der Waals surface area (Å²) in [6, 6.07) is 7.00. The smallest absolute Gasteiger partial charge is 0.234 e. The molecule has 104 valence electrons. The fourth-order valence-electron chi connectivity index (χ4n) is 2.83. The number of carbonyl (C=O) groups excluding carboxylic acids is 2. The van der Waals surface area contributed by atoms with Crippen LogP contribution in [0.3, 0.4) is 0 Å². The summed E-state index contributed by atoms with van der Waals surface area (Å²) in [6.45, 7) is 3.70. The Balaban J connectivity index is 2.19. The van der Waals surface area contributed by atoms with Crippen molar-refractivity contribution in [1.29, 1.82) is 0 Å². The van der Waals surface area contributed by atoms with E-state index in [-0.39, 0.29) is 12.5 Å². The summed E-state index contributed by atoms with van der Waals surface area (Å²) in [6.07, 6.45) is 0.373. The topological polar surface area (TPSA) is 63.6 Å². The molecule has 0 saturated heterocycles. The molecule has 0 bridgehead atoms. The van der Waals surface area contributed by atoms with Crippen LogP contribution in [0.15, 0.2) is 29.8 Å². The molecule has 1 unspecified atom stereocenters. The zero-order valence-electron chi connectivity index (χ0n) is 11.5. The van der Waals surface area contributed by atoms with E-state index in [0.717, 1.165) is 0 Å². The largest absolute Gasteiger partial charge is 0.486 e. The molecule has 0 aromatic heterocycles. The molecule has 1 aliphatic carbocycles. The molecule has 1 aromatic carbocycles. The van der Waals surface area contributed by atoms with E-state index in [1.807, 2.05) is 19.9 Å². The molecule has 2 aliphatic rings. The highest BCUT2D eigenvalue weighted by atomic mass is 16.5. The zero-order chi connectivity index (χ0) is 14.5. The van der Waals surface area contributed by atoms with Crippen LogP contribution in [0.25, 0.3) is 5.76 Å². The molecule has 1 aliphatic heterocycles. The number of ketones is 2. The minimum absolute atomic E-state index is 0.0765. The van der Waals surface area contributed by atoms with Gasteiger partial charge in [0.15, 0.2) is 0 Å². The van der Waals surface area contributed by atoms with Gasteiger partial charge in [-0.1, -0.05) is 24.3 Å². The van der Waals surface area contributed by atoms with Crippen molar-refractivity contribution in [3.05, 3.63) is 41.0 Å². The number of rotatable bonds is 1. The molecule has 0 fully saturated rings. The van der Waals surface area contributed by atoms with Crippen molar-refractivity contribution in [2.24, 2.45) is 5.92 Å². The van der Waals surface area contributed by atoms with Crippen molar-refractivity contribution in [3.8, 4) is 0 Å². The van der Waals surface area contributed by atoms with Crippen molar-refractivity contribution in [2.45, 2.75) is 25.9 Å². The maximum atomic E-state index is 12.2. The third kappa shape index (κ3) is 1.72. The van der Waals surface area contributed by atoms with Gasteiger partial charge < -0.3 is 9.84 Å².